The van der Waals surface area contributed by atoms with Crippen LogP contribution in [0.2, 0.25) is 0 Å². The van der Waals surface area contributed by atoms with Gasteiger partial charge in [-0.2, -0.15) is 0 Å². The predicted octanol–water partition coefficient (Wildman–Crippen LogP) is -0.00720. The second-order valence-electron chi connectivity index (χ2n) is 6.73. The highest BCUT2D eigenvalue weighted by Gasteiger charge is 2.25. The molecule has 0 heterocycles. The number of hydrogen-bond acceptors (Lipinski definition) is 8. The average molecular weight is 417 g/mol. The van der Waals surface area contributed by atoms with Crippen LogP contribution in [0, 0.1) is 0 Å². The van der Waals surface area contributed by atoms with Crippen LogP contribution in [-0.4, -0.2) is 52.2 Å². The Morgan fingerprint density at radius 3 is 2.17 bits per heavy atom. The molecule has 1 aromatic carbocycles. The van der Waals surface area contributed by atoms with Gasteiger partial charge in [0.15, 0.2) is 17.3 Å². The molecule has 0 saturated carbocycles. The predicted molar refractivity (Wildman–Crippen MR) is 111 cm³/mol. The van der Waals surface area contributed by atoms with Gasteiger partial charge in [-0.15, -0.1) is 0 Å². The molecule has 2 atom stereocenters. The molecule has 1 aliphatic rings. The van der Waals surface area contributed by atoms with E-state index in [2.05, 4.69) is 0 Å². The Kier molecular flexibility index (Phi) is 10.3. The summed E-state index contributed by atoms with van der Waals surface area (Å²) in [6.45, 7) is 0.604. The summed E-state index contributed by atoms with van der Waals surface area (Å²) in [5.74, 6) is -2.27. The lowest BCUT2D eigenvalue weighted by molar-refractivity contribution is -0.138. The number of carboxylic acids is 1. The maximum atomic E-state index is 12.1. The van der Waals surface area contributed by atoms with Gasteiger partial charge in [0.2, 0.25) is 0 Å². The first-order chi connectivity index (χ1) is 14.1. The van der Waals surface area contributed by atoms with E-state index in [-0.39, 0.29) is 17.7 Å². The van der Waals surface area contributed by atoms with Gasteiger partial charge in [0.25, 0.3) is 0 Å². The average Bonchev–Trinajstić information content (AvgIpc) is 2.71. The van der Waals surface area contributed by atoms with Crippen LogP contribution in [0.3, 0.4) is 0 Å². The minimum Gasteiger partial charge on any atom is -0.508 e. The zero-order valence-electron chi connectivity index (χ0n) is 16.5. The van der Waals surface area contributed by atoms with Crippen LogP contribution in [0.4, 0.5) is 0 Å². The van der Waals surface area contributed by atoms with E-state index in [4.69, 9.17) is 22.3 Å². The zero-order valence-corrected chi connectivity index (χ0v) is 16.5. The van der Waals surface area contributed by atoms with Crippen LogP contribution in [0.5, 0.6) is 5.75 Å². The molecule has 1 aliphatic carbocycles. The second-order valence-corrected chi connectivity index (χ2v) is 6.73. The smallest absolute Gasteiger partial charge is 0.320 e. The van der Waals surface area contributed by atoms with Gasteiger partial charge in [0.05, 0.1) is 11.6 Å². The van der Waals surface area contributed by atoms with Crippen molar-refractivity contribution >= 4 is 23.3 Å². The number of aromatic hydroxyl groups is 1. The van der Waals surface area contributed by atoms with E-state index in [1.54, 1.807) is 12.1 Å². The zero-order chi connectivity index (χ0) is 22.7. The molecule has 0 aromatic heterocycles. The third-order valence-electron chi connectivity index (χ3n) is 4.23. The number of nitrogens with two attached hydrogens (primary N) is 3. The number of Topliss-reactive ketones (excluding diaryl/α,β-unsaturated/α-hetero) is 1. The number of hydrogen-bond donors (Lipinski definition) is 5. The summed E-state index contributed by atoms with van der Waals surface area (Å²) in [4.78, 5) is 45.0. The fourth-order valence-corrected chi connectivity index (χ4v) is 2.51. The summed E-state index contributed by atoms with van der Waals surface area (Å²) in [7, 11) is 0. The number of rotatable bonds is 9. The molecule has 0 bridgehead atoms. The Hall–Kier alpha value is -3.14. The third-order valence-corrected chi connectivity index (χ3v) is 4.23. The van der Waals surface area contributed by atoms with Gasteiger partial charge in [-0.3, -0.25) is 19.2 Å². The summed E-state index contributed by atoms with van der Waals surface area (Å²) in [6, 6.07) is 4.64. The Bertz CT molecular complexity index is 830. The SMILES string of the molecule is NC(Cc1ccc(O)cc1)C(=O)C1=CC(=O)C=CC1=O.NCCCCC(N)C(=O)O. The van der Waals surface area contributed by atoms with Gasteiger partial charge < -0.3 is 27.4 Å². The second kappa shape index (κ2) is 12.4. The molecule has 0 amide bonds. The molecule has 0 fully saturated rings. The first-order valence-electron chi connectivity index (χ1n) is 9.40. The molecule has 0 saturated heterocycles. The molecule has 2 unspecified atom stereocenters. The molecular weight excluding hydrogens is 390 g/mol. The van der Waals surface area contributed by atoms with Crippen molar-refractivity contribution in [2.45, 2.75) is 37.8 Å². The molecule has 9 nitrogen and oxygen atoms in total. The van der Waals surface area contributed by atoms with E-state index in [0.717, 1.165) is 36.6 Å². The standard InChI is InChI=1S/C15H13NO4.C6H14N2O2/c16-13(7-9-1-3-10(17)4-2-9)15(20)12-8-11(18)5-6-14(12)19;7-4-2-1-3-5(8)6(9)10/h1-6,8,13,17H,7,16H2;5H,1-4,7-8H2,(H,9,10). The van der Waals surface area contributed by atoms with E-state index in [0.29, 0.717) is 13.0 Å². The monoisotopic (exact) mass is 417 g/mol. The number of phenols is 1. The van der Waals surface area contributed by atoms with Crippen LogP contribution in [0.15, 0.2) is 48.1 Å². The van der Waals surface area contributed by atoms with Crippen molar-refractivity contribution < 1.29 is 29.4 Å². The summed E-state index contributed by atoms with van der Waals surface area (Å²) >= 11 is 0. The maximum Gasteiger partial charge on any atom is 0.320 e. The number of carboxylic acid groups (broad SMARTS) is 1. The summed E-state index contributed by atoms with van der Waals surface area (Å²) in [5, 5.41) is 17.5. The van der Waals surface area contributed by atoms with Crippen molar-refractivity contribution in [3.8, 4) is 5.75 Å². The lowest BCUT2D eigenvalue weighted by atomic mass is 9.93. The lowest BCUT2D eigenvalue weighted by Crippen LogP contribution is -2.36. The quantitative estimate of drug-likeness (QED) is 0.209. The van der Waals surface area contributed by atoms with Crippen LogP contribution in [0.1, 0.15) is 24.8 Å². The Morgan fingerprint density at radius 2 is 1.60 bits per heavy atom. The summed E-state index contributed by atoms with van der Waals surface area (Å²) in [6.07, 6.45) is 5.59. The fraction of sp³-hybridized carbons (Fsp3) is 0.333. The maximum absolute atomic E-state index is 12.1. The van der Waals surface area contributed by atoms with Crippen LogP contribution >= 0.6 is 0 Å². The van der Waals surface area contributed by atoms with Crippen LogP contribution in [0.25, 0.3) is 0 Å². The van der Waals surface area contributed by atoms with E-state index in [9.17, 15) is 24.3 Å². The molecule has 0 spiro atoms. The molecule has 1 aromatic rings. The number of allylic oxidation sites excluding steroid dienone is 3. The highest BCUT2D eigenvalue weighted by molar-refractivity contribution is 6.31. The largest absolute Gasteiger partial charge is 0.508 e. The molecule has 2 rings (SSSR count). The Morgan fingerprint density at radius 1 is 0.967 bits per heavy atom. The third kappa shape index (κ3) is 8.48. The first kappa shape index (κ1) is 24.9. The molecular formula is C21H27N3O6. The van der Waals surface area contributed by atoms with Crippen molar-refractivity contribution in [1.82, 2.24) is 0 Å². The van der Waals surface area contributed by atoms with Crippen molar-refractivity contribution in [2.75, 3.05) is 6.54 Å². The van der Waals surface area contributed by atoms with E-state index in [1.807, 2.05) is 0 Å². The fourth-order valence-electron chi connectivity index (χ4n) is 2.51. The van der Waals surface area contributed by atoms with E-state index < -0.39 is 35.4 Å². The lowest BCUT2D eigenvalue weighted by Gasteiger charge is -2.13. The first-order valence-corrected chi connectivity index (χ1v) is 9.40. The molecule has 8 N–H and O–H groups in total. The summed E-state index contributed by atoms with van der Waals surface area (Å²) < 4.78 is 0. The van der Waals surface area contributed by atoms with Crippen molar-refractivity contribution in [3.05, 3.63) is 53.6 Å². The highest BCUT2D eigenvalue weighted by atomic mass is 16.4. The van der Waals surface area contributed by atoms with E-state index >= 15 is 0 Å². The number of benzene rings is 1. The van der Waals surface area contributed by atoms with Gasteiger partial charge in [0, 0.05) is 6.08 Å². The minimum absolute atomic E-state index is 0.120. The number of carbonyl (C=O) groups is 4. The molecule has 0 aliphatic heterocycles. The number of unbranched alkanes of at least 4 members (excludes halogenated alkanes) is 1. The number of carbonyl (C=O) groups excluding carboxylic acids is 3. The van der Waals surface area contributed by atoms with Gasteiger partial charge >= 0.3 is 5.97 Å². The topological polar surface area (TPSA) is 187 Å². The highest BCUT2D eigenvalue weighted by Crippen LogP contribution is 2.14. The van der Waals surface area contributed by atoms with E-state index in [1.165, 1.54) is 12.1 Å². The van der Waals surface area contributed by atoms with Crippen LogP contribution < -0.4 is 17.2 Å². The van der Waals surface area contributed by atoms with Crippen molar-refractivity contribution in [3.63, 3.8) is 0 Å². The van der Waals surface area contributed by atoms with Crippen molar-refractivity contribution in [1.29, 1.82) is 0 Å². The normalized spacial score (nSPS) is 15.0. The Labute approximate surface area is 174 Å². The van der Waals surface area contributed by atoms with Gasteiger partial charge in [-0.05, 0) is 55.7 Å². The molecule has 0 radical (unpaired) electrons. The van der Waals surface area contributed by atoms with Crippen molar-refractivity contribution in [2.24, 2.45) is 17.2 Å². The van der Waals surface area contributed by atoms with Gasteiger partial charge in [0.1, 0.15) is 11.8 Å². The van der Waals surface area contributed by atoms with Crippen LogP contribution in [-0.2, 0) is 25.6 Å². The number of ketones is 3. The molecule has 30 heavy (non-hydrogen) atoms. The number of aliphatic carboxylic acids is 1. The number of phenolic OH excluding ortho intramolecular Hbond substituents is 1. The van der Waals surface area contributed by atoms with Gasteiger partial charge in [-0.1, -0.05) is 18.6 Å². The van der Waals surface area contributed by atoms with Gasteiger partial charge in [-0.25, -0.2) is 0 Å². The minimum atomic E-state index is -0.933. The molecule has 9 heteroatoms. The molecule has 162 valence electrons. The summed E-state index contributed by atoms with van der Waals surface area (Å²) in [5.41, 5.74) is 16.8. The Balaban J connectivity index is 0.000000382.